The van der Waals surface area contributed by atoms with Gasteiger partial charge in [-0.05, 0) is 66.2 Å². The maximum absolute atomic E-state index is 11.5. The smallest absolute Gasteiger partial charge is 0.456 e. The first-order valence-electron chi connectivity index (χ1n) is 19.2. The maximum atomic E-state index is 11.5. The van der Waals surface area contributed by atoms with Crippen molar-refractivity contribution in [2.75, 3.05) is 10.6 Å². The van der Waals surface area contributed by atoms with E-state index in [1.54, 1.807) is 36.4 Å². The molecule has 0 saturated heterocycles. The van der Waals surface area contributed by atoms with Gasteiger partial charge < -0.3 is 29.5 Å². The first-order valence-corrected chi connectivity index (χ1v) is 20.0. The van der Waals surface area contributed by atoms with E-state index in [1.165, 1.54) is 12.1 Å². The quantitative estimate of drug-likeness (QED) is 0.0652. The SMILES string of the molecule is O=[N+]([O-])c1ccc(-c2cccc3c2oc2ccccc23)cc1Nc1ccccc1.O=[N+]([O-])c1ccc(Br)cc1Nc1ccccc1.OB(O)c1cccc2c1oc1ccccc12. The van der Waals surface area contributed by atoms with E-state index in [1.807, 2.05) is 133 Å². The van der Waals surface area contributed by atoms with E-state index in [0.717, 1.165) is 65.3 Å². The van der Waals surface area contributed by atoms with Crippen molar-refractivity contribution in [1.29, 1.82) is 0 Å². The van der Waals surface area contributed by atoms with Gasteiger partial charge in [0.25, 0.3) is 11.4 Å². The summed E-state index contributed by atoms with van der Waals surface area (Å²) in [6, 6.07) is 55.5. The van der Waals surface area contributed by atoms with Gasteiger partial charge in [0.15, 0.2) is 0 Å². The Bertz CT molecular complexity index is 3210. The zero-order valence-corrected chi connectivity index (χ0v) is 34.1. The van der Waals surface area contributed by atoms with Crippen molar-refractivity contribution in [3.05, 3.63) is 207 Å². The Morgan fingerprint density at radius 1 is 0.500 bits per heavy atom. The number of nitrogens with zero attached hydrogens (tertiary/aromatic N) is 2. The predicted molar refractivity (Wildman–Crippen MR) is 250 cm³/mol. The lowest BCUT2D eigenvalue weighted by molar-refractivity contribution is -0.384. The van der Waals surface area contributed by atoms with Crippen molar-refractivity contribution in [2.45, 2.75) is 0 Å². The Kier molecular flexibility index (Phi) is 12.1. The van der Waals surface area contributed by atoms with Gasteiger partial charge in [-0.15, -0.1) is 0 Å². The first-order chi connectivity index (χ1) is 30.1. The van der Waals surface area contributed by atoms with E-state index in [2.05, 4.69) is 26.6 Å². The Morgan fingerprint density at radius 3 is 1.53 bits per heavy atom. The molecule has 0 radical (unpaired) electrons. The molecule has 10 aromatic rings. The maximum Gasteiger partial charge on any atom is 0.492 e. The molecule has 0 bridgehead atoms. The molecule has 0 saturated carbocycles. The van der Waals surface area contributed by atoms with Gasteiger partial charge in [0, 0.05) is 60.6 Å². The summed E-state index contributed by atoms with van der Waals surface area (Å²) in [6.07, 6.45) is 0. The number of halogens is 1. The third-order valence-corrected chi connectivity index (χ3v) is 10.4. The topological polar surface area (TPSA) is 177 Å². The van der Waals surface area contributed by atoms with Crippen LogP contribution in [0.1, 0.15) is 0 Å². The summed E-state index contributed by atoms with van der Waals surface area (Å²) >= 11 is 3.30. The second-order valence-corrected chi connectivity index (χ2v) is 14.8. The predicted octanol–water partition coefficient (Wildman–Crippen LogP) is 12.3. The van der Waals surface area contributed by atoms with Gasteiger partial charge >= 0.3 is 7.12 Å². The highest BCUT2D eigenvalue weighted by atomic mass is 79.9. The molecular formula is C48H34BBrN4O8. The number of benzene rings is 8. The monoisotopic (exact) mass is 884 g/mol. The zero-order valence-electron chi connectivity index (χ0n) is 32.5. The van der Waals surface area contributed by atoms with Gasteiger partial charge in [0.2, 0.25) is 0 Å². The second-order valence-electron chi connectivity index (χ2n) is 13.9. The summed E-state index contributed by atoms with van der Waals surface area (Å²) in [7, 11) is -1.51. The third kappa shape index (κ3) is 8.88. The molecule has 12 nitrogen and oxygen atoms in total. The van der Waals surface area contributed by atoms with Crippen LogP contribution in [0.3, 0.4) is 0 Å². The van der Waals surface area contributed by atoms with Gasteiger partial charge in [0.05, 0.1) is 9.85 Å². The minimum absolute atomic E-state index is 0.0226. The number of rotatable bonds is 8. The van der Waals surface area contributed by atoms with Crippen LogP contribution < -0.4 is 16.1 Å². The summed E-state index contributed by atoms with van der Waals surface area (Å²) in [5, 5.41) is 51.0. The van der Waals surface area contributed by atoms with E-state index in [9.17, 15) is 30.3 Å². The molecule has 62 heavy (non-hydrogen) atoms. The van der Waals surface area contributed by atoms with Crippen molar-refractivity contribution in [2.24, 2.45) is 0 Å². The van der Waals surface area contributed by atoms with Crippen LogP contribution in [0.5, 0.6) is 0 Å². The number of hydrogen-bond donors (Lipinski definition) is 4. The lowest BCUT2D eigenvalue weighted by Crippen LogP contribution is -2.29. The van der Waals surface area contributed by atoms with Crippen molar-refractivity contribution in [3.8, 4) is 11.1 Å². The number of para-hydroxylation sites is 6. The summed E-state index contributed by atoms with van der Waals surface area (Å²) < 4.78 is 12.5. The molecule has 4 N–H and O–H groups in total. The van der Waals surface area contributed by atoms with Gasteiger partial charge in [-0.2, -0.15) is 0 Å². The average Bonchev–Trinajstić information content (AvgIpc) is 3.86. The normalized spacial score (nSPS) is 10.8. The van der Waals surface area contributed by atoms with Crippen LogP contribution in [0.25, 0.3) is 55.0 Å². The van der Waals surface area contributed by atoms with Crippen LogP contribution in [-0.2, 0) is 0 Å². The van der Waals surface area contributed by atoms with Crippen molar-refractivity contribution in [1.82, 2.24) is 0 Å². The molecule has 0 spiro atoms. The molecule has 0 atom stereocenters. The molecule has 8 aromatic carbocycles. The third-order valence-electron chi connectivity index (χ3n) is 9.88. The lowest BCUT2D eigenvalue weighted by Gasteiger charge is -2.10. The molecule has 2 aromatic heterocycles. The van der Waals surface area contributed by atoms with Crippen molar-refractivity contribution >= 4 is 107 Å². The van der Waals surface area contributed by atoms with E-state index in [-0.39, 0.29) is 16.3 Å². The Balaban J connectivity index is 0.000000137. The molecule has 0 amide bonds. The van der Waals surface area contributed by atoms with Crippen LogP contribution in [0, 0.1) is 20.2 Å². The number of nitro benzene ring substituents is 2. The number of furan rings is 2. The molecule has 10 rings (SSSR count). The molecule has 0 aliphatic carbocycles. The molecule has 304 valence electrons. The summed E-state index contributed by atoms with van der Waals surface area (Å²) in [4.78, 5) is 21.6. The molecule has 14 heteroatoms. The van der Waals surface area contributed by atoms with Crippen LogP contribution in [-0.4, -0.2) is 27.0 Å². The van der Waals surface area contributed by atoms with Crippen LogP contribution in [0.4, 0.5) is 34.1 Å². The first kappa shape index (κ1) is 41.0. The van der Waals surface area contributed by atoms with Crippen LogP contribution in [0.15, 0.2) is 195 Å². The van der Waals surface area contributed by atoms with Crippen molar-refractivity contribution in [3.63, 3.8) is 0 Å². The van der Waals surface area contributed by atoms with E-state index < -0.39 is 12.0 Å². The Labute approximate surface area is 362 Å². The molecule has 0 fully saturated rings. The number of fused-ring (bicyclic) bond motifs is 6. The fourth-order valence-corrected chi connectivity index (χ4v) is 7.39. The molecule has 0 aliphatic rings. The van der Waals surface area contributed by atoms with E-state index in [4.69, 9.17) is 8.83 Å². The number of hydrogen-bond acceptors (Lipinski definition) is 10. The highest BCUT2D eigenvalue weighted by Gasteiger charge is 2.20. The average molecular weight is 886 g/mol. The fraction of sp³-hybridized carbons (Fsp3) is 0. The summed E-state index contributed by atoms with van der Waals surface area (Å²) in [5.41, 5.74) is 7.60. The van der Waals surface area contributed by atoms with Crippen LogP contribution in [0.2, 0.25) is 0 Å². The van der Waals surface area contributed by atoms with E-state index in [0.29, 0.717) is 22.4 Å². The highest BCUT2D eigenvalue weighted by Crippen LogP contribution is 2.39. The zero-order chi connectivity index (χ0) is 43.2. The van der Waals surface area contributed by atoms with Gasteiger partial charge in [-0.1, -0.05) is 125 Å². The van der Waals surface area contributed by atoms with Gasteiger partial charge in [-0.25, -0.2) is 0 Å². The Morgan fingerprint density at radius 2 is 0.968 bits per heavy atom. The molecular weight excluding hydrogens is 851 g/mol. The molecule has 0 aliphatic heterocycles. The summed E-state index contributed by atoms with van der Waals surface area (Å²) in [5.74, 6) is 0. The second kappa shape index (κ2) is 18.2. The number of anilines is 4. The molecule has 2 heterocycles. The minimum Gasteiger partial charge on any atom is -0.456 e. The standard InChI is InChI=1S/C24H16N2O3.C12H9BO3.C12H9BrN2O2/c27-26(28)22-14-13-16(15-21(22)25-17-7-2-1-3-8-17)18-10-6-11-20-19-9-4-5-12-23(19)29-24(18)20;14-13(15)10-6-3-5-9-8-4-1-2-7-11(8)16-12(9)10;13-9-6-7-12(15(16)17)11(8-9)14-10-4-2-1-3-5-10/h1-15,25H;1-7,14-15H;1-8,14H. The number of nitrogens with one attached hydrogen (secondary N) is 2. The number of nitro groups is 2. The largest absolute Gasteiger partial charge is 0.492 e. The van der Waals surface area contributed by atoms with E-state index >= 15 is 0 Å². The molecule has 0 unspecified atom stereocenters. The Hall–Kier alpha value is -7.78. The fourth-order valence-electron chi connectivity index (χ4n) is 7.03. The lowest BCUT2D eigenvalue weighted by atomic mass is 9.79. The van der Waals surface area contributed by atoms with Crippen LogP contribution >= 0.6 is 15.9 Å². The minimum atomic E-state index is -1.51. The van der Waals surface area contributed by atoms with Gasteiger partial charge in [-0.3, -0.25) is 20.2 Å². The van der Waals surface area contributed by atoms with Gasteiger partial charge in [0.1, 0.15) is 33.7 Å². The highest BCUT2D eigenvalue weighted by molar-refractivity contribution is 9.10. The summed E-state index contributed by atoms with van der Waals surface area (Å²) in [6.45, 7) is 0. The van der Waals surface area contributed by atoms with Crippen molar-refractivity contribution < 1.29 is 28.7 Å².